The first-order valence-electron chi connectivity index (χ1n) is 5.15. The lowest BCUT2D eigenvalue weighted by Crippen LogP contribution is -2.38. The van der Waals surface area contributed by atoms with Crippen molar-refractivity contribution in [1.82, 2.24) is 14.1 Å². The van der Waals surface area contributed by atoms with E-state index in [1.165, 1.54) is 16.8 Å². The predicted octanol–water partition coefficient (Wildman–Crippen LogP) is 0.185. The fraction of sp³-hybridized carbons (Fsp3) is 0.667. The normalized spacial score (nSPS) is 20.1. The van der Waals surface area contributed by atoms with Gasteiger partial charge < -0.3 is 5.11 Å². The molecule has 1 aliphatic heterocycles. The van der Waals surface area contributed by atoms with E-state index in [1.807, 2.05) is 0 Å². The lowest BCUT2D eigenvalue weighted by Gasteiger charge is -2.30. The van der Waals surface area contributed by atoms with E-state index in [1.54, 1.807) is 10.9 Å². The van der Waals surface area contributed by atoms with Gasteiger partial charge in [-0.1, -0.05) is 0 Å². The van der Waals surface area contributed by atoms with Gasteiger partial charge in [-0.05, 0) is 12.8 Å². The molecule has 1 N–H and O–H groups in total. The average Bonchev–Trinajstić information content (AvgIpc) is 2.64. The summed E-state index contributed by atoms with van der Waals surface area (Å²) in [6.45, 7) is 1.04. The van der Waals surface area contributed by atoms with Crippen molar-refractivity contribution in [2.24, 2.45) is 0 Å². The summed E-state index contributed by atoms with van der Waals surface area (Å²) in [5, 5.41) is 13.2. The number of aromatic hydroxyl groups is 1. The van der Waals surface area contributed by atoms with E-state index in [9.17, 15) is 13.5 Å². The number of nitrogens with zero attached hydrogens (tertiary/aromatic N) is 3. The van der Waals surface area contributed by atoms with Gasteiger partial charge in [0.2, 0.25) is 10.0 Å². The van der Waals surface area contributed by atoms with E-state index in [-0.39, 0.29) is 11.8 Å². The fourth-order valence-corrected chi connectivity index (χ4v) is 2.84. The summed E-state index contributed by atoms with van der Waals surface area (Å²) in [5.74, 6) is 0.144. The summed E-state index contributed by atoms with van der Waals surface area (Å²) in [4.78, 5) is 0. The lowest BCUT2D eigenvalue weighted by atomic mass is 10.1. The van der Waals surface area contributed by atoms with Gasteiger partial charge in [0.15, 0.2) is 5.75 Å². The van der Waals surface area contributed by atoms with Crippen LogP contribution >= 0.6 is 0 Å². The molecule has 2 rings (SSSR count). The highest BCUT2D eigenvalue weighted by Gasteiger charge is 2.26. The molecule has 0 atom stereocenters. The molecule has 2 heterocycles. The van der Waals surface area contributed by atoms with Crippen LogP contribution in [-0.2, 0) is 10.0 Å². The molecule has 0 amide bonds. The third-order valence-corrected chi connectivity index (χ3v) is 4.16. The molecular formula is C9H15N3O3S. The van der Waals surface area contributed by atoms with Gasteiger partial charge in [0, 0.05) is 13.1 Å². The van der Waals surface area contributed by atoms with E-state index < -0.39 is 10.0 Å². The Hall–Kier alpha value is -1.08. The largest absolute Gasteiger partial charge is 0.505 e. The van der Waals surface area contributed by atoms with Crippen molar-refractivity contribution in [1.29, 1.82) is 0 Å². The number of aromatic nitrogens is 2. The smallest absolute Gasteiger partial charge is 0.211 e. The molecule has 1 fully saturated rings. The second-order valence-electron chi connectivity index (χ2n) is 4.07. The zero-order valence-corrected chi connectivity index (χ0v) is 9.89. The number of piperidine rings is 1. The minimum absolute atomic E-state index is 0.144. The van der Waals surface area contributed by atoms with Gasteiger partial charge in [0.05, 0.1) is 24.7 Å². The Labute approximate surface area is 94.5 Å². The van der Waals surface area contributed by atoms with Crippen molar-refractivity contribution in [3.05, 3.63) is 12.4 Å². The van der Waals surface area contributed by atoms with Crippen LogP contribution in [-0.4, -0.2) is 47.0 Å². The fourth-order valence-electron chi connectivity index (χ4n) is 1.97. The van der Waals surface area contributed by atoms with Crippen LogP contribution in [0.15, 0.2) is 12.4 Å². The van der Waals surface area contributed by atoms with Gasteiger partial charge in [-0.3, -0.25) is 4.68 Å². The standard InChI is InChI=1S/C9H15N3O3S/c1-16(14,15)11-4-2-8(3-5-11)12-7-9(13)6-10-12/h6-8,13H,2-5H2,1H3. The van der Waals surface area contributed by atoms with E-state index in [0.29, 0.717) is 13.1 Å². The second-order valence-corrected chi connectivity index (χ2v) is 6.05. The third-order valence-electron chi connectivity index (χ3n) is 2.85. The Balaban J connectivity index is 2.00. The maximum atomic E-state index is 11.3. The molecule has 6 nitrogen and oxygen atoms in total. The molecule has 0 aliphatic carbocycles. The first-order chi connectivity index (χ1) is 7.47. The van der Waals surface area contributed by atoms with E-state index >= 15 is 0 Å². The first-order valence-corrected chi connectivity index (χ1v) is 7.00. The van der Waals surface area contributed by atoms with Crippen LogP contribution in [0.5, 0.6) is 5.75 Å². The van der Waals surface area contributed by atoms with Crippen LogP contribution in [0.2, 0.25) is 0 Å². The highest BCUT2D eigenvalue weighted by Crippen LogP contribution is 2.24. The molecule has 1 aliphatic rings. The molecular weight excluding hydrogens is 230 g/mol. The summed E-state index contributed by atoms with van der Waals surface area (Å²) in [6, 6.07) is 0.180. The monoisotopic (exact) mass is 245 g/mol. The quantitative estimate of drug-likeness (QED) is 0.806. The topological polar surface area (TPSA) is 75.4 Å². The van der Waals surface area contributed by atoms with E-state index in [0.717, 1.165) is 12.8 Å². The second kappa shape index (κ2) is 4.06. The number of rotatable bonds is 2. The zero-order chi connectivity index (χ0) is 11.8. The molecule has 7 heteroatoms. The Kier molecular flexibility index (Phi) is 2.90. The Morgan fingerprint density at radius 1 is 1.44 bits per heavy atom. The molecule has 0 saturated carbocycles. The van der Waals surface area contributed by atoms with Crippen molar-refractivity contribution in [2.75, 3.05) is 19.3 Å². The first kappa shape index (κ1) is 11.4. The van der Waals surface area contributed by atoms with Gasteiger partial charge in [-0.15, -0.1) is 0 Å². The summed E-state index contributed by atoms with van der Waals surface area (Å²) < 4.78 is 25.8. The van der Waals surface area contributed by atoms with E-state index in [2.05, 4.69) is 5.10 Å². The van der Waals surface area contributed by atoms with Gasteiger partial charge in [0.1, 0.15) is 0 Å². The van der Waals surface area contributed by atoms with Crippen molar-refractivity contribution in [3.8, 4) is 5.75 Å². The molecule has 0 unspecified atom stereocenters. The average molecular weight is 245 g/mol. The van der Waals surface area contributed by atoms with E-state index in [4.69, 9.17) is 0 Å². The highest BCUT2D eigenvalue weighted by molar-refractivity contribution is 7.88. The van der Waals surface area contributed by atoms with Crippen LogP contribution < -0.4 is 0 Å². The third kappa shape index (κ3) is 2.35. The van der Waals surface area contributed by atoms with Crippen LogP contribution in [0, 0.1) is 0 Å². The van der Waals surface area contributed by atoms with Crippen molar-refractivity contribution in [3.63, 3.8) is 0 Å². The number of sulfonamides is 1. The highest BCUT2D eigenvalue weighted by atomic mass is 32.2. The minimum Gasteiger partial charge on any atom is -0.505 e. The summed E-state index contributed by atoms with van der Waals surface area (Å²) in [6.07, 6.45) is 5.65. The molecule has 0 spiro atoms. The maximum absolute atomic E-state index is 11.3. The molecule has 16 heavy (non-hydrogen) atoms. The van der Waals surface area contributed by atoms with Gasteiger partial charge in [-0.2, -0.15) is 5.10 Å². The van der Waals surface area contributed by atoms with Crippen LogP contribution in [0.25, 0.3) is 0 Å². The van der Waals surface area contributed by atoms with Crippen molar-refractivity contribution >= 4 is 10.0 Å². The van der Waals surface area contributed by atoms with Crippen LogP contribution in [0.4, 0.5) is 0 Å². The van der Waals surface area contributed by atoms with Crippen molar-refractivity contribution < 1.29 is 13.5 Å². The SMILES string of the molecule is CS(=O)(=O)N1CCC(n2cc(O)cn2)CC1. The molecule has 0 bridgehead atoms. The zero-order valence-electron chi connectivity index (χ0n) is 9.07. The number of hydrogen-bond donors (Lipinski definition) is 1. The van der Waals surface area contributed by atoms with Crippen LogP contribution in [0.1, 0.15) is 18.9 Å². The van der Waals surface area contributed by atoms with Crippen LogP contribution in [0.3, 0.4) is 0 Å². The summed E-state index contributed by atoms with van der Waals surface area (Å²) in [7, 11) is -3.07. The Bertz CT molecular complexity index is 460. The maximum Gasteiger partial charge on any atom is 0.211 e. The van der Waals surface area contributed by atoms with Gasteiger partial charge in [-0.25, -0.2) is 12.7 Å². The Morgan fingerprint density at radius 3 is 2.50 bits per heavy atom. The summed E-state index contributed by atoms with van der Waals surface area (Å²) in [5.41, 5.74) is 0. The molecule has 1 aromatic rings. The number of hydrogen-bond acceptors (Lipinski definition) is 4. The minimum atomic E-state index is -3.07. The van der Waals surface area contributed by atoms with Gasteiger partial charge in [0.25, 0.3) is 0 Å². The van der Waals surface area contributed by atoms with Gasteiger partial charge >= 0.3 is 0 Å². The molecule has 1 saturated heterocycles. The predicted molar refractivity (Wildman–Crippen MR) is 58.6 cm³/mol. The summed E-state index contributed by atoms with van der Waals surface area (Å²) >= 11 is 0. The van der Waals surface area contributed by atoms with Crippen molar-refractivity contribution in [2.45, 2.75) is 18.9 Å². The lowest BCUT2D eigenvalue weighted by molar-refractivity contribution is 0.262. The molecule has 0 aromatic carbocycles. The molecule has 1 aromatic heterocycles. The molecule has 0 radical (unpaired) electrons. The Morgan fingerprint density at radius 2 is 2.06 bits per heavy atom. The molecule has 90 valence electrons.